The Morgan fingerprint density at radius 2 is 2.03 bits per heavy atom. The number of anilines is 2. The summed E-state index contributed by atoms with van der Waals surface area (Å²) >= 11 is 1.57. The van der Waals surface area contributed by atoms with E-state index in [2.05, 4.69) is 62.7 Å². The Hall–Kier alpha value is -2.59. The number of aromatic nitrogens is 3. The Balaban J connectivity index is 1.19. The molecule has 9 heteroatoms. The fourth-order valence-corrected chi connectivity index (χ4v) is 5.64. The topological polar surface area (TPSA) is 95.4 Å². The van der Waals surface area contributed by atoms with Crippen molar-refractivity contribution in [3.8, 4) is 16.3 Å². The summed E-state index contributed by atoms with van der Waals surface area (Å²) < 4.78 is 5.87. The monoisotopic (exact) mass is 494 g/mol. The van der Waals surface area contributed by atoms with Gasteiger partial charge in [-0.05, 0) is 82.4 Å². The van der Waals surface area contributed by atoms with Gasteiger partial charge < -0.3 is 25.4 Å². The van der Waals surface area contributed by atoms with Crippen LogP contribution in [0.25, 0.3) is 10.4 Å². The van der Waals surface area contributed by atoms with Gasteiger partial charge in [0.05, 0.1) is 4.88 Å². The summed E-state index contributed by atoms with van der Waals surface area (Å²) in [7, 11) is 2.17. The van der Waals surface area contributed by atoms with Gasteiger partial charge in [0.2, 0.25) is 11.8 Å². The summed E-state index contributed by atoms with van der Waals surface area (Å²) in [6, 6.07) is 8.61. The predicted molar refractivity (Wildman–Crippen MR) is 139 cm³/mol. The molecule has 0 spiro atoms. The molecule has 1 saturated carbocycles. The molecule has 0 amide bonds. The van der Waals surface area contributed by atoms with Crippen LogP contribution in [-0.2, 0) is 5.60 Å². The van der Waals surface area contributed by atoms with Crippen LogP contribution in [0.1, 0.15) is 42.7 Å². The summed E-state index contributed by atoms with van der Waals surface area (Å²) in [6.45, 7) is 5.72. The quantitative estimate of drug-likeness (QED) is 0.383. The Labute approximate surface area is 210 Å². The molecule has 3 aromatic rings. The van der Waals surface area contributed by atoms with Gasteiger partial charge in [-0.2, -0.15) is 4.98 Å². The molecule has 3 N–H and O–H groups in total. The van der Waals surface area contributed by atoms with Crippen LogP contribution in [0.3, 0.4) is 0 Å². The Bertz CT molecular complexity index is 1140. The van der Waals surface area contributed by atoms with Crippen molar-refractivity contribution in [2.24, 2.45) is 0 Å². The summed E-state index contributed by atoms with van der Waals surface area (Å²) in [5.41, 5.74) is 2.35. The molecule has 1 aromatic carbocycles. The lowest BCUT2D eigenvalue weighted by Gasteiger charge is -2.34. The molecule has 0 radical (unpaired) electrons. The third kappa shape index (κ3) is 5.98. The summed E-state index contributed by atoms with van der Waals surface area (Å²) in [4.78, 5) is 16.8. The van der Waals surface area contributed by atoms with Gasteiger partial charge >= 0.3 is 0 Å². The molecular formula is C26H34N6O2S. The average molecular weight is 495 g/mol. The molecule has 2 fully saturated rings. The first kappa shape index (κ1) is 24.1. The molecule has 186 valence electrons. The fraction of sp³-hybridized carbons (Fsp3) is 0.500. The second kappa shape index (κ2) is 10.6. The number of piperidine rings is 1. The third-order valence-electron chi connectivity index (χ3n) is 6.84. The van der Waals surface area contributed by atoms with Crippen LogP contribution < -0.4 is 15.4 Å². The van der Waals surface area contributed by atoms with Crippen molar-refractivity contribution >= 4 is 23.0 Å². The van der Waals surface area contributed by atoms with E-state index in [1.54, 1.807) is 23.6 Å². The minimum absolute atomic E-state index is 0.496. The number of thiazole rings is 1. The summed E-state index contributed by atoms with van der Waals surface area (Å²) in [6.07, 6.45) is 8.58. The Kier molecular flexibility index (Phi) is 7.29. The highest BCUT2D eigenvalue weighted by Crippen LogP contribution is 2.44. The second-order valence-corrected chi connectivity index (χ2v) is 10.8. The normalized spacial score (nSPS) is 18.3. The van der Waals surface area contributed by atoms with E-state index >= 15 is 0 Å². The van der Waals surface area contributed by atoms with Gasteiger partial charge in [0.25, 0.3) is 0 Å². The van der Waals surface area contributed by atoms with Crippen LogP contribution in [0, 0.1) is 6.92 Å². The van der Waals surface area contributed by atoms with Gasteiger partial charge in [0.15, 0.2) is 0 Å². The fourth-order valence-electron chi connectivity index (χ4n) is 4.59. The van der Waals surface area contributed by atoms with Crippen molar-refractivity contribution in [1.82, 2.24) is 25.2 Å². The first-order chi connectivity index (χ1) is 17.0. The summed E-state index contributed by atoms with van der Waals surface area (Å²) in [5.74, 6) is 1.05. The van der Waals surface area contributed by atoms with Crippen LogP contribution in [0.5, 0.6) is 5.88 Å². The van der Waals surface area contributed by atoms with Crippen LogP contribution in [0.4, 0.5) is 11.6 Å². The highest BCUT2D eigenvalue weighted by Gasteiger charge is 2.39. The van der Waals surface area contributed by atoms with Gasteiger partial charge in [-0.1, -0.05) is 6.07 Å². The van der Waals surface area contributed by atoms with Gasteiger partial charge in [0, 0.05) is 36.7 Å². The third-order valence-corrected chi connectivity index (χ3v) is 8.08. The SMILES string of the molecule is Cc1cc(Nc2nccc(OCCNC3CCN(C)CC3)n2)cc(-c2cnc(C3(O)CCC3)s2)c1. The van der Waals surface area contributed by atoms with E-state index in [1.165, 1.54) is 12.8 Å². The standard InChI is InChI=1S/C26H34N6O2S/c1-18-14-19(22-17-29-24(35-22)26(33)7-3-8-26)16-21(15-18)30-25-28-9-4-23(31-25)34-13-10-27-20-5-11-32(2)12-6-20/h4,9,14-17,20,27,33H,3,5-8,10-13H2,1-2H3,(H,28,30,31). The lowest BCUT2D eigenvalue weighted by Crippen LogP contribution is -2.42. The number of rotatable bonds is 9. The largest absolute Gasteiger partial charge is 0.476 e. The maximum absolute atomic E-state index is 10.6. The molecule has 2 aliphatic rings. The van der Waals surface area contributed by atoms with E-state index in [1.807, 2.05) is 6.20 Å². The van der Waals surface area contributed by atoms with E-state index < -0.39 is 5.60 Å². The molecule has 0 bridgehead atoms. The van der Waals surface area contributed by atoms with Crippen LogP contribution in [-0.4, -0.2) is 64.3 Å². The number of nitrogens with one attached hydrogen (secondary N) is 2. The highest BCUT2D eigenvalue weighted by atomic mass is 32.1. The number of ether oxygens (including phenoxy) is 1. The molecule has 35 heavy (non-hydrogen) atoms. The van der Waals surface area contributed by atoms with Gasteiger partial charge in [-0.3, -0.25) is 0 Å². The maximum Gasteiger partial charge on any atom is 0.230 e. The molecular weight excluding hydrogens is 460 g/mol. The van der Waals surface area contributed by atoms with Crippen molar-refractivity contribution in [3.63, 3.8) is 0 Å². The van der Waals surface area contributed by atoms with E-state index in [9.17, 15) is 5.11 Å². The van der Waals surface area contributed by atoms with Crippen molar-refractivity contribution in [3.05, 3.63) is 47.2 Å². The number of benzene rings is 1. The van der Waals surface area contributed by atoms with Crippen LogP contribution >= 0.6 is 11.3 Å². The minimum atomic E-state index is -0.731. The van der Waals surface area contributed by atoms with Crippen molar-refractivity contribution in [2.75, 3.05) is 38.6 Å². The number of hydrogen-bond donors (Lipinski definition) is 3. The molecule has 1 aliphatic heterocycles. The molecule has 0 atom stereocenters. The van der Waals surface area contributed by atoms with Gasteiger partial charge in [0.1, 0.15) is 17.2 Å². The van der Waals surface area contributed by atoms with Crippen LogP contribution in [0.15, 0.2) is 36.7 Å². The number of nitrogens with zero attached hydrogens (tertiary/aromatic N) is 4. The zero-order valence-electron chi connectivity index (χ0n) is 20.5. The molecule has 1 aliphatic carbocycles. The van der Waals surface area contributed by atoms with E-state index in [0.717, 1.165) is 65.6 Å². The average Bonchev–Trinajstić information content (AvgIpc) is 3.32. The Morgan fingerprint density at radius 1 is 1.20 bits per heavy atom. The van der Waals surface area contributed by atoms with E-state index in [-0.39, 0.29) is 0 Å². The summed E-state index contributed by atoms with van der Waals surface area (Å²) in [5, 5.41) is 18.3. The first-order valence-electron chi connectivity index (χ1n) is 12.4. The number of aryl methyl sites for hydroxylation is 1. The second-order valence-electron chi connectivity index (χ2n) is 9.73. The van der Waals surface area contributed by atoms with E-state index in [4.69, 9.17) is 4.74 Å². The zero-order chi connectivity index (χ0) is 24.3. The predicted octanol–water partition coefficient (Wildman–Crippen LogP) is 4.09. The van der Waals surface area contributed by atoms with Crippen LogP contribution in [0.2, 0.25) is 0 Å². The lowest BCUT2D eigenvalue weighted by atomic mass is 9.81. The molecule has 1 saturated heterocycles. The molecule has 8 nitrogen and oxygen atoms in total. The minimum Gasteiger partial charge on any atom is -0.476 e. The zero-order valence-corrected chi connectivity index (χ0v) is 21.3. The van der Waals surface area contributed by atoms with Crippen molar-refractivity contribution in [2.45, 2.75) is 50.7 Å². The number of hydrogen-bond acceptors (Lipinski definition) is 9. The smallest absolute Gasteiger partial charge is 0.230 e. The molecule has 2 aromatic heterocycles. The van der Waals surface area contributed by atoms with Crippen molar-refractivity contribution in [1.29, 1.82) is 0 Å². The lowest BCUT2D eigenvalue weighted by molar-refractivity contribution is -0.0389. The number of likely N-dealkylation sites (tertiary alicyclic amines) is 1. The Morgan fingerprint density at radius 3 is 2.80 bits per heavy atom. The van der Waals surface area contributed by atoms with E-state index in [0.29, 0.717) is 24.5 Å². The number of aliphatic hydroxyl groups is 1. The maximum atomic E-state index is 10.6. The molecule has 3 heterocycles. The first-order valence-corrected chi connectivity index (χ1v) is 13.2. The molecule has 0 unspecified atom stereocenters. The molecule has 5 rings (SSSR count). The van der Waals surface area contributed by atoms with Gasteiger partial charge in [-0.15, -0.1) is 11.3 Å². The van der Waals surface area contributed by atoms with Gasteiger partial charge in [-0.25, -0.2) is 9.97 Å². The van der Waals surface area contributed by atoms with Crippen molar-refractivity contribution < 1.29 is 9.84 Å². The highest BCUT2D eigenvalue weighted by molar-refractivity contribution is 7.15.